The first-order valence-electron chi connectivity index (χ1n) is 6.74. The fourth-order valence-corrected chi connectivity index (χ4v) is 3.84. The molecule has 0 radical (unpaired) electrons. The maximum absolute atomic E-state index is 12.4. The summed E-state index contributed by atoms with van der Waals surface area (Å²) >= 11 is 0. The van der Waals surface area contributed by atoms with Crippen molar-refractivity contribution in [2.75, 3.05) is 13.1 Å². The lowest BCUT2D eigenvalue weighted by Crippen LogP contribution is -2.42. The third kappa shape index (κ3) is 2.98. The van der Waals surface area contributed by atoms with Gasteiger partial charge in [0.1, 0.15) is 5.82 Å². The molecule has 2 rings (SSSR count). The Balaban J connectivity index is 2.09. The number of nitrogens with two attached hydrogens (primary N) is 1. The maximum atomic E-state index is 12.4. The van der Waals surface area contributed by atoms with Crippen molar-refractivity contribution < 1.29 is 8.42 Å². The monoisotopic (exact) mass is 286 g/mol. The zero-order chi connectivity index (χ0) is 14.0. The van der Waals surface area contributed by atoms with Crippen molar-refractivity contribution in [2.24, 2.45) is 11.7 Å². The molecule has 7 heteroatoms. The minimum atomic E-state index is -3.43. The summed E-state index contributed by atoms with van der Waals surface area (Å²) in [6, 6.07) is 0.128. The van der Waals surface area contributed by atoms with Crippen LogP contribution in [0.4, 0.5) is 0 Å². The van der Waals surface area contributed by atoms with Gasteiger partial charge >= 0.3 is 0 Å². The average Bonchev–Trinajstić information content (AvgIpc) is 2.88. The highest BCUT2D eigenvalue weighted by atomic mass is 32.2. The van der Waals surface area contributed by atoms with E-state index in [1.807, 2.05) is 13.8 Å². The molecule has 0 bridgehead atoms. The lowest BCUT2D eigenvalue weighted by atomic mass is 9.92. The van der Waals surface area contributed by atoms with Crippen LogP contribution < -0.4 is 5.73 Å². The quantitative estimate of drug-likeness (QED) is 0.853. The minimum absolute atomic E-state index is 0.128. The number of aromatic nitrogens is 2. The molecule has 3 N–H and O–H groups in total. The molecule has 108 valence electrons. The minimum Gasteiger partial charge on any atom is -0.332 e. The zero-order valence-electron chi connectivity index (χ0n) is 11.5. The molecule has 1 unspecified atom stereocenters. The lowest BCUT2D eigenvalue weighted by Gasteiger charge is -2.32. The standard InChI is InChI=1S/C12H22N4O2S/c1-3-11-14-8-12(15-11)19(17,18)16-6-4-10(5-7-16)9(2)13/h8-10H,3-7,13H2,1-2H3,(H,14,15). The Morgan fingerprint density at radius 1 is 1.53 bits per heavy atom. The molecule has 0 aromatic carbocycles. The van der Waals surface area contributed by atoms with Gasteiger partial charge < -0.3 is 10.7 Å². The van der Waals surface area contributed by atoms with Crippen LogP contribution in [0, 0.1) is 5.92 Å². The van der Waals surface area contributed by atoms with E-state index in [-0.39, 0.29) is 11.1 Å². The number of H-pyrrole nitrogens is 1. The van der Waals surface area contributed by atoms with Gasteiger partial charge in [-0.3, -0.25) is 0 Å². The first kappa shape index (κ1) is 14.5. The number of hydrogen-bond donors (Lipinski definition) is 2. The summed E-state index contributed by atoms with van der Waals surface area (Å²) in [6.45, 7) is 4.99. The SMILES string of the molecule is CCc1ncc(S(=O)(=O)N2CCC(C(C)N)CC2)[nH]1. The lowest BCUT2D eigenvalue weighted by molar-refractivity contribution is 0.250. The second-order valence-corrected chi connectivity index (χ2v) is 7.05. The molecule has 1 aliphatic heterocycles. The van der Waals surface area contributed by atoms with Crippen molar-refractivity contribution in [3.05, 3.63) is 12.0 Å². The van der Waals surface area contributed by atoms with E-state index in [1.54, 1.807) is 0 Å². The summed E-state index contributed by atoms with van der Waals surface area (Å²) in [5.74, 6) is 1.11. The first-order chi connectivity index (χ1) is 8.95. The van der Waals surface area contributed by atoms with Crippen LogP contribution in [0.3, 0.4) is 0 Å². The largest absolute Gasteiger partial charge is 0.332 e. The van der Waals surface area contributed by atoms with Crippen molar-refractivity contribution in [3.63, 3.8) is 0 Å². The third-order valence-corrected chi connectivity index (χ3v) is 5.61. The van der Waals surface area contributed by atoms with E-state index in [0.717, 1.165) is 12.8 Å². The number of piperidine rings is 1. The second-order valence-electron chi connectivity index (χ2n) is 5.15. The van der Waals surface area contributed by atoms with Gasteiger partial charge in [0.25, 0.3) is 10.0 Å². The van der Waals surface area contributed by atoms with E-state index >= 15 is 0 Å². The molecular formula is C12H22N4O2S. The normalized spacial score (nSPS) is 20.6. The van der Waals surface area contributed by atoms with Gasteiger partial charge in [0.2, 0.25) is 0 Å². The third-order valence-electron chi connectivity index (χ3n) is 3.80. The Bertz CT molecular complexity index is 516. The first-order valence-corrected chi connectivity index (χ1v) is 8.18. The number of imidazole rings is 1. The highest BCUT2D eigenvalue weighted by Gasteiger charge is 2.31. The average molecular weight is 286 g/mol. The molecule has 1 atom stereocenters. The van der Waals surface area contributed by atoms with Crippen LogP contribution in [-0.4, -0.2) is 41.8 Å². The number of rotatable bonds is 4. The number of hydrogen-bond acceptors (Lipinski definition) is 4. The molecule has 1 saturated heterocycles. The predicted octanol–water partition coefficient (Wildman–Crippen LogP) is 0.720. The topological polar surface area (TPSA) is 92.1 Å². The van der Waals surface area contributed by atoms with Crippen LogP contribution in [0.25, 0.3) is 0 Å². The highest BCUT2D eigenvalue weighted by molar-refractivity contribution is 7.89. The van der Waals surface area contributed by atoms with E-state index in [0.29, 0.717) is 31.3 Å². The Kier molecular flexibility index (Phi) is 4.27. The van der Waals surface area contributed by atoms with Crippen LogP contribution in [0.5, 0.6) is 0 Å². The number of aromatic amines is 1. The van der Waals surface area contributed by atoms with Crippen LogP contribution in [0.2, 0.25) is 0 Å². The zero-order valence-corrected chi connectivity index (χ0v) is 12.3. The van der Waals surface area contributed by atoms with Crippen LogP contribution in [0.15, 0.2) is 11.2 Å². The van der Waals surface area contributed by atoms with Gasteiger partial charge in [-0.05, 0) is 25.7 Å². The Morgan fingerprint density at radius 3 is 2.63 bits per heavy atom. The Morgan fingerprint density at radius 2 is 2.16 bits per heavy atom. The summed E-state index contributed by atoms with van der Waals surface area (Å²) in [7, 11) is -3.43. The molecule has 1 fully saturated rings. The Labute approximate surface area is 114 Å². The van der Waals surface area contributed by atoms with Crippen molar-refractivity contribution >= 4 is 10.0 Å². The van der Waals surface area contributed by atoms with Crippen molar-refractivity contribution in [2.45, 2.75) is 44.2 Å². The van der Waals surface area contributed by atoms with Gasteiger partial charge in [-0.15, -0.1) is 0 Å². The molecular weight excluding hydrogens is 264 g/mol. The van der Waals surface area contributed by atoms with Gasteiger partial charge in [-0.25, -0.2) is 13.4 Å². The van der Waals surface area contributed by atoms with Crippen LogP contribution >= 0.6 is 0 Å². The molecule has 0 spiro atoms. The molecule has 6 nitrogen and oxygen atoms in total. The molecule has 1 aromatic heterocycles. The van der Waals surface area contributed by atoms with Gasteiger partial charge in [-0.2, -0.15) is 4.31 Å². The number of nitrogens with one attached hydrogen (secondary N) is 1. The second kappa shape index (κ2) is 5.60. The van der Waals surface area contributed by atoms with Gasteiger partial charge in [0.15, 0.2) is 5.03 Å². The van der Waals surface area contributed by atoms with E-state index < -0.39 is 10.0 Å². The van der Waals surface area contributed by atoms with Crippen LogP contribution in [-0.2, 0) is 16.4 Å². The highest BCUT2D eigenvalue weighted by Crippen LogP contribution is 2.24. The molecule has 1 aliphatic rings. The Hall–Kier alpha value is -0.920. The fraction of sp³-hybridized carbons (Fsp3) is 0.750. The van der Waals surface area contributed by atoms with E-state index in [1.165, 1.54) is 10.5 Å². The van der Waals surface area contributed by atoms with Gasteiger partial charge in [-0.1, -0.05) is 6.92 Å². The van der Waals surface area contributed by atoms with Crippen molar-refractivity contribution in [1.29, 1.82) is 0 Å². The predicted molar refractivity (Wildman–Crippen MR) is 73.1 cm³/mol. The molecule has 0 amide bonds. The summed E-state index contributed by atoms with van der Waals surface area (Å²) in [5, 5.41) is 0.198. The van der Waals surface area contributed by atoms with Gasteiger partial charge in [0, 0.05) is 25.6 Å². The number of nitrogens with zero attached hydrogens (tertiary/aromatic N) is 2. The molecule has 0 aliphatic carbocycles. The fourth-order valence-electron chi connectivity index (χ4n) is 2.44. The summed E-state index contributed by atoms with van der Waals surface area (Å²) in [4.78, 5) is 6.93. The molecule has 0 saturated carbocycles. The van der Waals surface area contributed by atoms with E-state index in [4.69, 9.17) is 5.73 Å². The number of aryl methyl sites for hydroxylation is 1. The molecule has 2 heterocycles. The smallest absolute Gasteiger partial charge is 0.260 e. The van der Waals surface area contributed by atoms with Crippen molar-refractivity contribution in [1.82, 2.24) is 14.3 Å². The van der Waals surface area contributed by atoms with Gasteiger partial charge in [0.05, 0.1) is 6.20 Å². The van der Waals surface area contributed by atoms with E-state index in [2.05, 4.69) is 9.97 Å². The number of sulfonamides is 1. The van der Waals surface area contributed by atoms with Crippen LogP contribution in [0.1, 0.15) is 32.5 Å². The molecule has 19 heavy (non-hydrogen) atoms. The molecule has 1 aromatic rings. The maximum Gasteiger partial charge on any atom is 0.260 e. The summed E-state index contributed by atoms with van der Waals surface area (Å²) in [6.07, 6.45) is 3.76. The van der Waals surface area contributed by atoms with E-state index in [9.17, 15) is 8.42 Å². The van der Waals surface area contributed by atoms with Crippen molar-refractivity contribution in [3.8, 4) is 0 Å². The summed E-state index contributed by atoms with van der Waals surface area (Å²) < 4.78 is 26.4. The summed E-state index contributed by atoms with van der Waals surface area (Å²) in [5.41, 5.74) is 5.87.